The van der Waals surface area contributed by atoms with Gasteiger partial charge in [0.2, 0.25) is 0 Å². The van der Waals surface area contributed by atoms with Crippen LogP contribution in [0.1, 0.15) is 36.5 Å². The van der Waals surface area contributed by atoms with Crippen LogP contribution in [0.2, 0.25) is 0 Å². The Morgan fingerprint density at radius 3 is 2.67 bits per heavy atom. The highest BCUT2D eigenvalue weighted by atomic mass is 79.9. The maximum atomic E-state index is 12.6. The average molecular weight is 354 g/mol. The van der Waals surface area contributed by atoms with E-state index in [1.54, 1.807) is 17.9 Å². The van der Waals surface area contributed by atoms with E-state index in [1.807, 2.05) is 18.2 Å². The molecular weight excluding hydrogens is 334 g/mol. The number of nitrogens with zero attached hydrogens (tertiary/aromatic N) is 1. The van der Waals surface area contributed by atoms with Gasteiger partial charge in [0, 0.05) is 17.6 Å². The van der Waals surface area contributed by atoms with Crippen molar-refractivity contribution in [3.63, 3.8) is 0 Å². The van der Waals surface area contributed by atoms with Gasteiger partial charge in [0.15, 0.2) is 0 Å². The molecule has 1 aliphatic rings. The van der Waals surface area contributed by atoms with Crippen molar-refractivity contribution >= 4 is 27.8 Å². The number of hydrogen-bond donors (Lipinski definition) is 0. The molecule has 1 amide bonds. The summed E-state index contributed by atoms with van der Waals surface area (Å²) >= 11 is 3.41. The predicted octanol–water partition coefficient (Wildman–Crippen LogP) is 3.25. The number of carbonyl (C=O) groups excluding carboxylic acids is 2. The van der Waals surface area contributed by atoms with Gasteiger partial charge >= 0.3 is 5.97 Å². The lowest BCUT2D eigenvalue weighted by molar-refractivity contribution is -0.143. The molecule has 0 atom stereocenters. The third kappa shape index (κ3) is 4.84. The fraction of sp³-hybridized carbons (Fsp3) is 0.500. The van der Waals surface area contributed by atoms with Crippen molar-refractivity contribution in [3.05, 3.63) is 34.3 Å². The van der Waals surface area contributed by atoms with Crippen LogP contribution in [0.3, 0.4) is 0 Å². The van der Waals surface area contributed by atoms with E-state index in [4.69, 9.17) is 4.74 Å². The number of hydrogen-bond acceptors (Lipinski definition) is 3. The Hall–Kier alpha value is -1.36. The van der Waals surface area contributed by atoms with Crippen molar-refractivity contribution in [2.24, 2.45) is 5.92 Å². The zero-order valence-corrected chi connectivity index (χ0v) is 13.8. The first-order valence-corrected chi connectivity index (χ1v) is 8.10. The SMILES string of the molecule is CCOC(=O)CCN(CC1CC1)C(=O)c1ccccc1Br. The highest BCUT2D eigenvalue weighted by Gasteiger charge is 2.28. The highest BCUT2D eigenvalue weighted by molar-refractivity contribution is 9.10. The molecular formula is C16H20BrNO3. The Bertz CT molecular complexity index is 514. The van der Waals surface area contributed by atoms with E-state index < -0.39 is 0 Å². The number of benzene rings is 1. The molecule has 0 aliphatic heterocycles. The first-order valence-electron chi connectivity index (χ1n) is 7.31. The normalized spacial score (nSPS) is 13.8. The first kappa shape index (κ1) is 16.0. The summed E-state index contributed by atoms with van der Waals surface area (Å²) in [6, 6.07) is 7.38. The number of amides is 1. The number of ether oxygens (including phenoxy) is 1. The summed E-state index contributed by atoms with van der Waals surface area (Å²) < 4.78 is 5.72. The molecule has 2 rings (SSSR count). The van der Waals surface area contributed by atoms with Crippen LogP contribution in [0.4, 0.5) is 0 Å². The number of carbonyl (C=O) groups is 2. The van der Waals surface area contributed by atoms with Gasteiger partial charge in [-0.25, -0.2) is 0 Å². The molecule has 0 unspecified atom stereocenters. The molecule has 4 nitrogen and oxygen atoms in total. The predicted molar refractivity (Wildman–Crippen MR) is 84.0 cm³/mol. The Morgan fingerprint density at radius 2 is 2.05 bits per heavy atom. The molecule has 0 N–H and O–H groups in total. The van der Waals surface area contributed by atoms with Crippen molar-refractivity contribution in [1.82, 2.24) is 4.90 Å². The van der Waals surface area contributed by atoms with Crippen LogP contribution >= 0.6 is 15.9 Å². The Labute approximate surface area is 133 Å². The molecule has 1 saturated carbocycles. The van der Waals surface area contributed by atoms with E-state index >= 15 is 0 Å². The van der Waals surface area contributed by atoms with Gasteiger partial charge in [0.25, 0.3) is 5.91 Å². The van der Waals surface area contributed by atoms with E-state index in [0.29, 0.717) is 24.6 Å². The second kappa shape index (κ2) is 7.59. The van der Waals surface area contributed by atoms with Crippen molar-refractivity contribution in [1.29, 1.82) is 0 Å². The van der Waals surface area contributed by atoms with Gasteiger partial charge < -0.3 is 9.64 Å². The van der Waals surface area contributed by atoms with E-state index in [9.17, 15) is 9.59 Å². The van der Waals surface area contributed by atoms with Gasteiger partial charge in [0.1, 0.15) is 0 Å². The quantitative estimate of drug-likeness (QED) is 0.706. The monoisotopic (exact) mass is 353 g/mol. The summed E-state index contributed by atoms with van der Waals surface area (Å²) in [6.45, 7) is 3.29. The van der Waals surface area contributed by atoms with E-state index in [2.05, 4.69) is 15.9 Å². The fourth-order valence-corrected chi connectivity index (χ4v) is 2.61. The van der Waals surface area contributed by atoms with Crippen molar-refractivity contribution in [2.45, 2.75) is 26.2 Å². The molecule has 1 aliphatic carbocycles. The Kier molecular flexibility index (Phi) is 5.79. The molecule has 0 heterocycles. The second-order valence-electron chi connectivity index (χ2n) is 5.23. The maximum absolute atomic E-state index is 12.6. The second-order valence-corrected chi connectivity index (χ2v) is 6.08. The van der Waals surface area contributed by atoms with Crippen LogP contribution in [0, 0.1) is 5.92 Å². The van der Waals surface area contributed by atoms with E-state index in [-0.39, 0.29) is 18.3 Å². The van der Waals surface area contributed by atoms with Gasteiger partial charge in [0.05, 0.1) is 18.6 Å². The van der Waals surface area contributed by atoms with Gasteiger partial charge in [-0.2, -0.15) is 0 Å². The third-order valence-electron chi connectivity index (χ3n) is 3.46. The number of halogens is 1. The topological polar surface area (TPSA) is 46.6 Å². The van der Waals surface area contributed by atoms with Crippen molar-refractivity contribution in [2.75, 3.05) is 19.7 Å². The molecule has 114 valence electrons. The first-order chi connectivity index (χ1) is 10.1. The largest absolute Gasteiger partial charge is 0.466 e. The summed E-state index contributed by atoms with van der Waals surface area (Å²) in [5.41, 5.74) is 0.641. The molecule has 5 heteroatoms. The smallest absolute Gasteiger partial charge is 0.307 e. The summed E-state index contributed by atoms with van der Waals surface area (Å²) in [7, 11) is 0. The lowest BCUT2D eigenvalue weighted by Gasteiger charge is -2.23. The minimum absolute atomic E-state index is 0.0290. The van der Waals surface area contributed by atoms with Gasteiger partial charge in [-0.15, -0.1) is 0 Å². The number of rotatable bonds is 7. The summed E-state index contributed by atoms with van der Waals surface area (Å²) in [6.07, 6.45) is 2.58. The summed E-state index contributed by atoms with van der Waals surface area (Å²) in [5, 5.41) is 0. The Balaban J connectivity index is 2.02. The minimum atomic E-state index is -0.252. The lowest BCUT2D eigenvalue weighted by atomic mass is 10.2. The van der Waals surface area contributed by atoms with Crippen LogP contribution in [-0.2, 0) is 9.53 Å². The molecule has 0 aromatic heterocycles. The fourth-order valence-electron chi connectivity index (χ4n) is 2.15. The molecule has 0 spiro atoms. The molecule has 1 aromatic carbocycles. The molecule has 0 radical (unpaired) electrons. The van der Waals surface area contributed by atoms with E-state index in [1.165, 1.54) is 12.8 Å². The minimum Gasteiger partial charge on any atom is -0.466 e. The Morgan fingerprint density at radius 1 is 1.33 bits per heavy atom. The van der Waals surface area contributed by atoms with Gasteiger partial charge in [-0.1, -0.05) is 12.1 Å². The van der Waals surface area contributed by atoms with Crippen LogP contribution in [0.15, 0.2) is 28.7 Å². The van der Waals surface area contributed by atoms with Gasteiger partial charge in [-0.3, -0.25) is 9.59 Å². The van der Waals surface area contributed by atoms with E-state index in [0.717, 1.165) is 11.0 Å². The summed E-state index contributed by atoms with van der Waals surface area (Å²) in [4.78, 5) is 25.9. The van der Waals surface area contributed by atoms with Crippen LogP contribution in [0.25, 0.3) is 0 Å². The molecule has 0 bridgehead atoms. The van der Waals surface area contributed by atoms with Crippen LogP contribution < -0.4 is 0 Å². The average Bonchev–Trinajstić information content (AvgIpc) is 3.27. The zero-order valence-electron chi connectivity index (χ0n) is 12.2. The third-order valence-corrected chi connectivity index (χ3v) is 4.15. The van der Waals surface area contributed by atoms with Crippen molar-refractivity contribution < 1.29 is 14.3 Å². The van der Waals surface area contributed by atoms with Crippen molar-refractivity contribution in [3.8, 4) is 0 Å². The standard InChI is InChI=1S/C16H20BrNO3/c1-2-21-15(19)9-10-18(11-12-7-8-12)16(20)13-5-3-4-6-14(13)17/h3-6,12H,2,7-11H2,1H3. The van der Waals surface area contributed by atoms with Gasteiger partial charge in [-0.05, 0) is 53.7 Å². The summed E-state index contributed by atoms with van der Waals surface area (Å²) in [5.74, 6) is 0.301. The molecule has 0 saturated heterocycles. The highest BCUT2D eigenvalue weighted by Crippen LogP contribution is 2.30. The molecule has 21 heavy (non-hydrogen) atoms. The zero-order chi connectivity index (χ0) is 15.2. The molecule has 1 fully saturated rings. The lowest BCUT2D eigenvalue weighted by Crippen LogP contribution is -2.35. The number of esters is 1. The van der Waals surface area contributed by atoms with Crippen LogP contribution in [0.5, 0.6) is 0 Å². The molecule has 1 aromatic rings. The maximum Gasteiger partial charge on any atom is 0.307 e. The van der Waals surface area contributed by atoms with Crippen LogP contribution in [-0.4, -0.2) is 36.5 Å².